The third-order valence-corrected chi connectivity index (χ3v) is 6.22. The Hall–Kier alpha value is -1.03. The zero-order chi connectivity index (χ0) is 14.8. The maximum Gasteiger partial charge on any atom is 0.254 e. The molecule has 1 unspecified atom stereocenters. The summed E-state index contributed by atoms with van der Waals surface area (Å²) in [6.07, 6.45) is 10.6. The molecule has 3 N–H and O–H groups in total. The first kappa shape index (κ1) is 14.9. The minimum atomic E-state index is 0.0758. The van der Waals surface area contributed by atoms with Gasteiger partial charge in [-0.25, -0.2) is 0 Å². The molecule has 21 heavy (non-hydrogen) atoms. The van der Waals surface area contributed by atoms with Crippen molar-refractivity contribution < 1.29 is 4.79 Å². The summed E-state index contributed by atoms with van der Waals surface area (Å²) in [5.41, 5.74) is 8.22. The number of nitrogens with two attached hydrogens (primary N) is 1. The van der Waals surface area contributed by atoms with Crippen molar-refractivity contribution in [2.24, 2.45) is 5.92 Å². The highest BCUT2D eigenvalue weighted by Crippen LogP contribution is 2.39. The fraction of sp³-hybridized carbons (Fsp3) is 0.706. The van der Waals surface area contributed by atoms with Crippen LogP contribution < -0.4 is 11.1 Å². The van der Waals surface area contributed by atoms with Crippen LogP contribution in [0, 0.1) is 5.92 Å². The third kappa shape index (κ3) is 3.10. The second kappa shape index (κ2) is 6.39. The van der Waals surface area contributed by atoms with Gasteiger partial charge in [-0.2, -0.15) is 0 Å². The topological polar surface area (TPSA) is 55.1 Å². The van der Waals surface area contributed by atoms with E-state index in [9.17, 15) is 4.79 Å². The number of carbonyl (C=O) groups is 1. The van der Waals surface area contributed by atoms with Gasteiger partial charge in [-0.3, -0.25) is 4.79 Å². The molecule has 0 aliphatic heterocycles. The second-order valence-electron chi connectivity index (χ2n) is 6.57. The van der Waals surface area contributed by atoms with Gasteiger partial charge in [-0.1, -0.05) is 32.6 Å². The molecule has 1 heterocycles. The van der Waals surface area contributed by atoms with Crippen molar-refractivity contribution >= 4 is 22.2 Å². The van der Waals surface area contributed by atoms with Crippen molar-refractivity contribution in [3.8, 4) is 0 Å². The summed E-state index contributed by atoms with van der Waals surface area (Å²) in [4.78, 5) is 14.0. The summed E-state index contributed by atoms with van der Waals surface area (Å²) in [5.74, 6) is 0.844. The molecular weight excluding hydrogens is 280 g/mol. The molecule has 0 saturated heterocycles. The maximum absolute atomic E-state index is 12.6. The molecule has 1 atom stereocenters. The average Bonchev–Trinajstić information content (AvgIpc) is 2.83. The van der Waals surface area contributed by atoms with E-state index in [4.69, 9.17) is 5.73 Å². The Morgan fingerprint density at radius 1 is 1.29 bits per heavy atom. The van der Waals surface area contributed by atoms with Gasteiger partial charge in [0.1, 0.15) is 0 Å². The lowest BCUT2D eigenvalue weighted by atomic mass is 9.85. The SMILES string of the molecule is CCC1CCc2c(sc(N)c2C(=O)NC2CCCCC2)C1. The first-order valence-corrected chi connectivity index (χ1v) is 9.21. The van der Waals surface area contributed by atoms with Gasteiger partial charge in [0.2, 0.25) is 0 Å². The van der Waals surface area contributed by atoms with Crippen LogP contribution in [0.4, 0.5) is 5.00 Å². The molecular formula is C17H26N2OS. The zero-order valence-corrected chi connectivity index (χ0v) is 13.7. The molecule has 3 nitrogen and oxygen atoms in total. The zero-order valence-electron chi connectivity index (χ0n) is 12.9. The number of fused-ring (bicyclic) bond motifs is 1. The summed E-state index contributed by atoms with van der Waals surface area (Å²) in [5, 5.41) is 3.95. The Morgan fingerprint density at radius 3 is 2.76 bits per heavy atom. The van der Waals surface area contributed by atoms with E-state index in [0.29, 0.717) is 6.04 Å². The van der Waals surface area contributed by atoms with Crippen molar-refractivity contribution in [1.29, 1.82) is 0 Å². The van der Waals surface area contributed by atoms with E-state index < -0.39 is 0 Å². The van der Waals surface area contributed by atoms with E-state index in [2.05, 4.69) is 12.2 Å². The molecule has 0 aromatic carbocycles. The van der Waals surface area contributed by atoms with Gasteiger partial charge in [0, 0.05) is 10.9 Å². The summed E-state index contributed by atoms with van der Waals surface area (Å²) in [7, 11) is 0. The number of hydrogen-bond acceptors (Lipinski definition) is 3. The molecule has 0 bridgehead atoms. The predicted molar refractivity (Wildman–Crippen MR) is 88.9 cm³/mol. The monoisotopic (exact) mass is 306 g/mol. The average molecular weight is 306 g/mol. The molecule has 1 aromatic heterocycles. The molecule has 3 rings (SSSR count). The van der Waals surface area contributed by atoms with E-state index >= 15 is 0 Å². The van der Waals surface area contributed by atoms with Crippen LogP contribution in [0.5, 0.6) is 0 Å². The summed E-state index contributed by atoms with van der Waals surface area (Å²) in [6.45, 7) is 2.25. The van der Waals surface area contributed by atoms with Gasteiger partial charge >= 0.3 is 0 Å². The number of nitrogen functional groups attached to an aromatic ring is 1. The van der Waals surface area contributed by atoms with Crippen molar-refractivity contribution in [3.05, 3.63) is 16.0 Å². The van der Waals surface area contributed by atoms with Crippen LogP contribution in [0.25, 0.3) is 0 Å². The lowest BCUT2D eigenvalue weighted by Crippen LogP contribution is -2.36. The minimum absolute atomic E-state index is 0.0758. The van der Waals surface area contributed by atoms with Crippen LogP contribution in [0.2, 0.25) is 0 Å². The van der Waals surface area contributed by atoms with Crippen LogP contribution in [0.3, 0.4) is 0 Å². The van der Waals surface area contributed by atoms with Gasteiger partial charge in [-0.15, -0.1) is 11.3 Å². The van der Waals surface area contributed by atoms with E-state index in [1.54, 1.807) is 11.3 Å². The fourth-order valence-corrected chi connectivity index (χ4v) is 5.01. The lowest BCUT2D eigenvalue weighted by Gasteiger charge is -2.24. The van der Waals surface area contributed by atoms with Crippen molar-refractivity contribution in [2.45, 2.75) is 70.8 Å². The Bertz CT molecular complexity index is 517. The molecule has 1 fully saturated rings. The number of thiophene rings is 1. The molecule has 1 amide bonds. The van der Waals surface area contributed by atoms with E-state index in [1.807, 2.05) is 0 Å². The van der Waals surface area contributed by atoms with Gasteiger partial charge in [-0.05, 0) is 43.6 Å². The standard InChI is InChI=1S/C17H26N2OS/c1-2-11-8-9-13-14(10-11)21-16(18)15(13)17(20)19-12-6-4-3-5-7-12/h11-12H,2-10,18H2,1H3,(H,19,20). The molecule has 2 aliphatic rings. The van der Waals surface area contributed by atoms with Crippen LogP contribution in [-0.2, 0) is 12.8 Å². The van der Waals surface area contributed by atoms with Gasteiger partial charge in [0.05, 0.1) is 10.6 Å². The fourth-order valence-electron chi connectivity index (χ4n) is 3.78. The number of nitrogens with one attached hydrogen (secondary N) is 1. The molecule has 2 aliphatic carbocycles. The Labute approximate surface area is 131 Å². The third-order valence-electron chi connectivity index (χ3n) is 5.14. The highest BCUT2D eigenvalue weighted by Gasteiger charge is 2.28. The van der Waals surface area contributed by atoms with Crippen molar-refractivity contribution in [2.75, 3.05) is 5.73 Å². The summed E-state index contributed by atoms with van der Waals surface area (Å²) < 4.78 is 0. The van der Waals surface area contributed by atoms with Crippen LogP contribution in [-0.4, -0.2) is 11.9 Å². The van der Waals surface area contributed by atoms with Gasteiger partial charge in [0.25, 0.3) is 5.91 Å². The van der Waals surface area contributed by atoms with Gasteiger partial charge < -0.3 is 11.1 Å². The highest BCUT2D eigenvalue weighted by molar-refractivity contribution is 7.16. The van der Waals surface area contributed by atoms with Gasteiger partial charge in [0.15, 0.2) is 0 Å². The molecule has 1 aromatic rings. The molecule has 1 saturated carbocycles. The van der Waals surface area contributed by atoms with Crippen LogP contribution in [0.1, 0.15) is 72.7 Å². The normalized spacial score (nSPS) is 22.8. The number of hydrogen-bond donors (Lipinski definition) is 2. The summed E-state index contributed by atoms with van der Waals surface area (Å²) in [6, 6.07) is 0.355. The smallest absolute Gasteiger partial charge is 0.254 e. The lowest BCUT2D eigenvalue weighted by molar-refractivity contribution is 0.0927. The first-order chi connectivity index (χ1) is 10.2. The van der Waals surface area contributed by atoms with Crippen molar-refractivity contribution in [3.63, 3.8) is 0 Å². The first-order valence-electron chi connectivity index (χ1n) is 8.40. The number of carbonyl (C=O) groups excluding carboxylic acids is 1. The second-order valence-corrected chi connectivity index (χ2v) is 7.71. The predicted octanol–water partition coefficient (Wildman–Crippen LogP) is 3.91. The Kier molecular flexibility index (Phi) is 4.53. The number of amides is 1. The molecule has 0 radical (unpaired) electrons. The van der Waals surface area contributed by atoms with Crippen molar-refractivity contribution in [1.82, 2.24) is 5.32 Å². The minimum Gasteiger partial charge on any atom is -0.390 e. The number of rotatable bonds is 3. The van der Waals surface area contributed by atoms with E-state index in [1.165, 1.54) is 42.5 Å². The molecule has 4 heteroatoms. The quantitative estimate of drug-likeness (QED) is 0.889. The largest absolute Gasteiger partial charge is 0.390 e. The maximum atomic E-state index is 12.6. The Balaban J connectivity index is 1.76. The molecule has 116 valence electrons. The van der Waals surface area contributed by atoms with Crippen LogP contribution >= 0.6 is 11.3 Å². The highest BCUT2D eigenvalue weighted by atomic mass is 32.1. The summed E-state index contributed by atoms with van der Waals surface area (Å²) >= 11 is 1.64. The Morgan fingerprint density at radius 2 is 2.05 bits per heavy atom. The van der Waals surface area contributed by atoms with E-state index in [-0.39, 0.29) is 5.91 Å². The van der Waals surface area contributed by atoms with Crippen LogP contribution in [0.15, 0.2) is 0 Å². The molecule has 0 spiro atoms. The van der Waals surface area contributed by atoms with E-state index in [0.717, 1.165) is 42.2 Å². The number of anilines is 1.